The quantitative estimate of drug-likeness (QED) is 0.619. The van der Waals surface area contributed by atoms with Crippen molar-refractivity contribution in [1.82, 2.24) is 5.32 Å². The topological polar surface area (TPSA) is 44.4 Å². The molecule has 1 fully saturated rings. The lowest BCUT2D eigenvalue weighted by Gasteiger charge is -2.31. The molecule has 1 heterocycles. The Balaban J connectivity index is 1.80. The van der Waals surface area contributed by atoms with Crippen LogP contribution in [0.5, 0.6) is 0 Å². The predicted molar refractivity (Wildman–Crippen MR) is 113 cm³/mol. The molecule has 1 amide bonds. The molecule has 0 aliphatic carbocycles. The van der Waals surface area contributed by atoms with Gasteiger partial charge in [-0.15, -0.1) is 0 Å². The summed E-state index contributed by atoms with van der Waals surface area (Å²) in [5.41, 5.74) is 0.385. The molecule has 0 radical (unpaired) electrons. The third-order valence-corrected chi connectivity index (χ3v) is 5.06. The van der Waals surface area contributed by atoms with Gasteiger partial charge in [0.05, 0.1) is 16.9 Å². The van der Waals surface area contributed by atoms with Crippen molar-refractivity contribution in [3.63, 3.8) is 0 Å². The maximum absolute atomic E-state index is 13.2. The molecule has 3 rings (SSSR count). The van der Waals surface area contributed by atoms with Gasteiger partial charge in [0.25, 0.3) is 5.91 Å². The number of benzene rings is 2. The molecule has 1 aliphatic heterocycles. The van der Waals surface area contributed by atoms with E-state index in [9.17, 15) is 18.0 Å². The molecule has 1 saturated heterocycles. The molecular weight excluding hydrogens is 423 g/mol. The van der Waals surface area contributed by atoms with Crippen LogP contribution in [0.1, 0.15) is 35.2 Å². The molecule has 0 aromatic heterocycles. The highest BCUT2D eigenvalue weighted by molar-refractivity contribution is 7.80. The summed E-state index contributed by atoms with van der Waals surface area (Å²) in [6.45, 7) is 1.51. The van der Waals surface area contributed by atoms with Crippen molar-refractivity contribution in [2.75, 3.05) is 23.3 Å². The zero-order valence-corrected chi connectivity index (χ0v) is 16.9. The number of carbonyl (C=O) groups excluding carboxylic acids is 1. The van der Waals surface area contributed by atoms with Crippen LogP contribution in [0.4, 0.5) is 24.5 Å². The highest BCUT2D eigenvalue weighted by Crippen LogP contribution is 2.36. The molecule has 1 aliphatic rings. The molecule has 0 spiro atoms. The van der Waals surface area contributed by atoms with Crippen LogP contribution >= 0.6 is 23.8 Å². The van der Waals surface area contributed by atoms with Gasteiger partial charge in [0.1, 0.15) is 0 Å². The number of hydrogen-bond acceptors (Lipinski definition) is 3. The van der Waals surface area contributed by atoms with Crippen LogP contribution in [0, 0.1) is 0 Å². The third kappa shape index (κ3) is 5.61. The summed E-state index contributed by atoms with van der Waals surface area (Å²) >= 11 is 11.0. The van der Waals surface area contributed by atoms with Gasteiger partial charge in [-0.3, -0.25) is 10.1 Å². The van der Waals surface area contributed by atoms with Gasteiger partial charge in [0.15, 0.2) is 5.11 Å². The van der Waals surface area contributed by atoms with Crippen molar-refractivity contribution >= 4 is 46.2 Å². The second kappa shape index (κ2) is 9.00. The lowest BCUT2D eigenvalue weighted by molar-refractivity contribution is -0.137. The third-order valence-electron chi connectivity index (χ3n) is 4.60. The summed E-state index contributed by atoms with van der Waals surface area (Å²) in [6, 6.07) is 9.71. The fraction of sp³-hybridized carbons (Fsp3) is 0.300. The zero-order valence-electron chi connectivity index (χ0n) is 15.4. The molecule has 2 aromatic rings. The summed E-state index contributed by atoms with van der Waals surface area (Å²) < 4.78 is 39.6. The number of alkyl halides is 3. The number of rotatable bonds is 3. The monoisotopic (exact) mass is 441 g/mol. The first-order valence-corrected chi connectivity index (χ1v) is 9.87. The average Bonchev–Trinajstić information content (AvgIpc) is 2.68. The first-order valence-electron chi connectivity index (χ1n) is 9.08. The van der Waals surface area contributed by atoms with E-state index < -0.39 is 17.6 Å². The van der Waals surface area contributed by atoms with E-state index in [2.05, 4.69) is 10.6 Å². The van der Waals surface area contributed by atoms with Gasteiger partial charge in [0.2, 0.25) is 0 Å². The minimum Gasteiger partial charge on any atom is -0.370 e. The summed E-state index contributed by atoms with van der Waals surface area (Å²) in [6.07, 6.45) is -1.45. The zero-order chi connectivity index (χ0) is 21.0. The van der Waals surface area contributed by atoms with Crippen LogP contribution in [-0.2, 0) is 6.18 Å². The van der Waals surface area contributed by atoms with E-state index >= 15 is 0 Å². The molecule has 2 aromatic carbocycles. The molecule has 4 nitrogen and oxygen atoms in total. The normalized spacial score (nSPS) is 14.4. The first kappa shape index (κ1) is 21.4. The Morgan fingerprint density at radius 3 is 2.31 bits per heavy atom. The number of carbonyl (C=O) groups is 1. The van der Waals surface area contributed by atoms with Crippen LogP contribution in [0.25, 0.3) is 0 Å². The Bertz CT molecular complexity index is 897. The van der Waals surface area contributed by atoms with Gasteiger partial charge in [-0.1, -0.05) is 11.6 Å². The van der Waals surface area contributed by atoms with Crippen molar-refractivity contribution < 1.29 is 18.0 Å². The fourth-order valence-corrected chi connectivity index (χ4v) is 3.48. The fourth-order valence-electron chi connectivity index (χ4n) is 3.15. The number of halogens is 4. The average molecular weight is 442 g/mol. The standard InChI is InChI=1S/C20H19ClF3N3OS/c21-15-7-4-13(5-8-15)18(28)26-19(29)25-16-12-14(20(22,23)24)6-9-17(16)27-10-2-1-3-11-27/h4-9,12H,1-3,10-11H2,(H2,25,26,28,29). The number of hydrogen-bond donors (Lipinski definition) is 2. The van der Waals surface area contributed by atoms with Crippen LogP contribution in [0.15, 0.2) is 42.5 Å². The minimum atomic E-state index is -4.48. The van der Waals surface area contributed by atoms with Gasteiger partial charge >= 0.3 is 6.18 Å². The van der Waals surface area contributed by atoms with Crippen LogP contribution in [0.3, 0.4) is 0 Å². The second-order valence-corrected chi connectivity index (χ2v) is 7.54. The largest absolute Gasteiger partial charge is 0.416 e. The predicted octanol–water partition coefficient (Wildman–Crippen LogP) is 5.48. The lowest BCUT2D eigenvalue weighted by Crippen LogP contribution is -2.35. The van der Waals surface area contributed by atoms with E-state index in [-0.39, 0.29) is 10.8 Å². The SMILES string of the molecule is O=C(NC(=S)Nc1cc(C(F)(F)F)ccc1N1CCCCC1)c1ccc(Cl)cc1. The second-order valence-electron chi connectivity index (χ2n) is 6.69. The van der Waals surface area contributed by atoms with Crippen LogP contribution < -0.4 is 15.5 Å². The Morgan fingerprint density at radius 1 is 1.03 bits per heavy atom. The number of amides is 1. The van der Waals surface area contributed by atoms with Crippen molar-refractivity contribution in [2.24, 2.45) is 0 Å². The number of nitrogens with one attached hydrogen (secondary N) is 2. The Morgan fingerprint density at radius 2 is 1.69 bits per heavy atom. The summed E-state index contributed by atoms with van der Waals surface area (Å²) in [5.74, 6) is -0.481. The maximum Gasteiger partial charge on any atom is 0.416 e. The van der Waals surface area contributed by atoms with Crippen molar-refractivity contribution in [1.29, 1.82) is 0 Å². The Labute approximate surface area is 177 Å². The smallest absolute Gasteiger partial charge is 0.370 e. The van der Waals surface area contributed by atoms with E-state index in [1.807, 2.05) is 4.90 Å². The molecule has 29 heavy (non-hydrogen) atoms. The van der Waals surface area contributed by atoms with E-state index in [1.54, 1.807) is 12.1 Å². The first-order chi connectivity index (χ1) is 13.7. The van der Waals surface area contributed by atoms with E-state index in [4.69, 9.17) is 23.8 Å². The van der Waals surface area contributed by atoms with Gasteiger partial charge in [-0.05, 0) is 73.9 Å². The number of nitrogens with zero attached hydrogens (tertiary/aromatic N) is 1. The maximum atomic E-state index is 13.2. The van der Waals surface area contributed by atoms with Gasteiger partial charge in [0, 0.05) is 23.7 Å². The molecule has 0 unspecified atom stereocenters. The molecule has 0 saturated carbocycles. The molecule has 9 heteroatoms. The molecule has 0 bridgehead atoms. The summed E-state index contributed by atoms with van der Waals surface area (Å²) in [5, 5.41) is 5.66. The van der Waals surface area contributed by atoms with E-state index in [0.717, 1.165) is 44.5 Å². The summed E-state index contributed by atoms with van der Waals surface area (Å²) in [4.78, 5) is 14.3. The molecular formula is C20H19ClF3N3OS. The van der Waals surface area contributed by atoms with E-state index in [0.29, 0.717) is 16.3 Å². The van der Waals surface area contributed by atoms with E-state index in [1.165, 1.54) is 18.2 Å². The van der Waals surface area contributed by atoms with Gasteiger partial charge in [-0.2, -0.15) is 13.2 Å². The number of anilines is 2. The van der Waals surface area contributed by atoms with Crippen LogP contribution in [-0.4, -0.2) is 24.1 Å². The molecule has 154 valence electrons. The number of thiocarbonyl (C=S) groups is 1. The highest BCUT2D eigenvalue weighted by atomic mass is 35.5. The number of piperidine rings is 1. The molecule has 2 N–H and O–H groups in total. The molecule has 0 atom stereocenters. The minimum absolute atomic E-state index is 0.0810. The van der Waals surface area contributed by atoms with Gasteiger partial charge in [-0.25, -0.2) is 0 Å². The Kier molecular flexibility index (Phi) is 6.64. The lowest BCUT2D eigenvalue weighted by atomic mass is 10.1. The van der Waals surface area contributed by atoms with Gasteiger partial charge < -0.3 is 10.2 Å². The van der Waals surface area contributed by atoms with Crippen molar-refractivity contribution in [2.45, 2.75) is 25.4 Å². The van der Waals surface area contributed by atoms with Crippen molar-refractivity contribution in [3.8, 4) is 0 Å². The van der Waals surface area contributed by atoms with Crippen LogP contribution in [0.2, 0.25) is 5.02 Å². The van der Waals surface area contributed by atoms with Crippen molar-refractivity contribution in [3.05, 3.63) is 58.6 Å². The summed E-state index contributed by atoms with van der Waals surface area (Å²) in [7, 11) is 0. The highest BCUT2D eigenvalue weighted by Gasteiger charge is 2.31. The Hall–Kier alpha value is -2.32.